The van der Waals surface area contributed by atoms with Crippen molar-refractivity contribution in [1.29, 1.82) is 0 Å². The van der Waals surface area contributed by atoms with Gasteiger partial charge in [-0.15, -0.1) is 11.3 Å². The standard InChI is InChI=1S/C21H20N4O5S/c1-24(2)20(28)17-11-25(14-6-3-4-7-15(14)30-17)18(26)10-13-12-31-21(22-13)23-19(27)16-8-5-9-29-16/h3-9,12,17H,10-11H2,1-2H3,(H,22,23,27). The average Bonchev–Trinajstić information content (AvgIpc) is 3.44. The van der Waals surface area contributed by atoms with Crippen LogP contribution in [0.5, 0.6) is 5.75 Å². The van der Waals surface area contributed by atoms with Crippen molar-refractivity contribution in [1.82, 2.24) is 9.88 Å². The van der Waals surface area contributed by atoms with Gasteiger partial charge >= 0.3 is 0 Å². The van der Waals surface area contributed by atoms with Gasteiger partial charge in [0.1, 0.15) is 5.75 Å². The Hall–Kier alpha value is -3.66. The van der Waals surface area contributed by atoms with E-state index in [-0.39, 0.29) is 30.5 Å². The van der Waals surface area contributed by atoms with E-state index in [1.807, 2.05) is 6.07 Å². The van der Waals surface area contributed by atoms with E-state index in [2.05, 4.69) is 10.3 Å². The summed E-state index contributed by atoms with van der Waals surface area (Å²) in [5, 5.41) is 4.73. The highest BCUT2D eigenvalue weighted by molar-refractivity contribution is 7.14. The third-order valence-corrected chi connectivity index (χ3v) is 5.45. The number of carbonyl (C=O) groups is 3. The predicted molar refractivity (Wildman–Crippen MR) is 114 cm³/mol. The highest BCUT2D eigenvalue weighted by Gasteiger charge is 2.34. The number of rotatable bonds is 5. The number of anilines is 2. The number of ether oxygens (including phenoxy) is 1. The van der Waals surface area contributed by atoms with Gasteiger partial charge in [-0.3, -0.25) is 19.7 Å². The van der Waals surface area contributed by atoms with Crippen LogP contribution in [0.2, 0.25) is 0 Å². The molecule has 1 atom stereocenters. The van der Waals surface area contributed by atoms with Gasteiger partial charge < -0.3 is 19.0 Å². The molecule has 3 aromatic rings. The zero-order chi connectivity index (χ0) is 22.0. The van der Waals surface area contributed by atoms with Gasteiger partial charge in [0, 0.05) is 19.5 Å². The van der Waals surface area contributed by atoms with Crippen LogP contribution in [-0.4, -0.2) is 54.3 Å². The predicted octanol–water partition coefficient (Wildman–Crippen LogP) is 2.41. The van der Waals surface area contributed by atoms with E-state index in [0.29, 0.717) is 22.3 Å². The maximum Gasteiger partial charge on any atom is 0.293 e. The van der Waals surface area contributed by atoms with Gasteiger partial charge in [-0.05, 0) is 24.3 Å². The summed E-state index contributed by atoms with van der Waals surface area (Å²) in [5.41, 5.74) is 1.13. The molecule has 1 N–H and O–H groups in total. The quantitative estimate of drug-likeness (QED) is 0.653. The molecule has 3 amide bonds. The number of likely N-dealkylation sites (N-methyl/N-ethyl adjacent to an activating group) is 1. The monoisotopic (exact) mass is 440 g/mol. The molecule has 0 saturated heterocycles. The van der Waals surface area contributed by atoms with Crippen LogP contribution in [0.3, 0.4) is 0 Å². The molecule has 1 aromatic carbocycles. The van der Waals surface area contributed by atoms with Crippen LogP contribution in [0.4, 0.5) is 10.8 Å². The van der Waals surface area contributed by atoms with Crippen LogP contribution >= 0.6 is 11.3 Å². The van der Waals surface area contributed by atoms with Gasteiger partial charge in [-0.2, -0.15) is 0 Å². The van der Waals surface area contributed by atoms with Gasteiger partial charge in [-0.25, -0.2) is 4.98 Å². The summed E-state index contributed by atoms with van der Waals surface area (Å²) in [5.74, 6) is -0.198. The SMILES string of the molecule is CN(C)C(=O)C1CN(C(=O)Cc2csc(NC(=O)c3ccco3)n2)c2ccccc2O1. The molecular formula is C21H20N4O5S. The molecule has 1 unspecified atom stereocenters. The number of hydrogen-bond acceptors (Lipinski definition) is 7. The van der Waals surface area contributed by atoms with E-state index < -0.39 is 12.0 Å². The lowest BCUT2D eigenvalue weighted by Gasteiger charge is -2.35. The second kappa shape index (κ2) is 8.60. The molecule has 10 heteroatoms. The molecule has 31 heavy (non-hydrogen) atoms. The lowest BCUT2D eigenvalue weighted by atomic mass is 10.1. The van der Waals surface area contributed by atoms with E-state index in [1.54, 1.807) is 54.7 Å². The molecule has 4 rings (SSSR count). The smallest absolute Gasteiger partial charge is 0.293 e. The number of aromatic nitrogens is 1. The van der Waals surface area contributed by atoms with E-state index in [4.69, 9.17) is 9.15 Å². The van der Waals surface area contributed by atoms with Crippen LogP contribution in [0, 0.1) is 0 Å². The van der Waals surface area contributed by atoms with Crippen molar-refractivity contribution >= 4 is 39.9 Å². The fourth-order valence-electron chi connectivity index (χ4n) is 3.15. The van der Waals surface area contributed by atoms with Crippen molar-refractivity contribution in [3.8, 4) is 5.75 Å². The Labute approximate surface area is 182 Å². The number of furan rings is 1. The molecule has 3 heterocycles. The summed E-state index contributed by atoms with van der Waals surface area (Å²) in [6.45, 7) is 0.110. The Morgan fingerprint density at radius 3 is 2.77 bits per heavy atom. The highest BCUT2D eigenvalue weighted by atomic mass is 32.1. The van der Waals surface area contributed by atoms with Crippen LogP contribution in [-0.2, 0) is 16.0 Å². The number of thiazole rings is 1. The molecular weight excluding hydrogens is 420 g/mol. The first-order chi connectivity index (χ1) is 14.9. The number of hydrogen-bond donors (Lipinski definition) is 1. The minimum Gasteiger partial charge on any atom is -0.476 e. The minimum atomic E-state index is -0.785. The fraction of sp³-hybridized carbons (Fsp3) is 0.238. The molecule has 0 bridgehead atoms. The molecule has 0 radical (unpaired) electrons. The van der Waals surface area contributed by atoms with Crippen LogP contribution in [0.25, 0.3) is 0 Å². The number of carbonyl (C=O) groups excluding carboxylic acids is 3. The summed E-state index contributed by atoms with van der Waals surface area (Å²) < 4.78 is 10.9. The molecule has 1 aliphatic heterocycles. The summed E-state index contributed by atoms with van der Waals surface area (Å²) in [6.07, 6.45) is 0.645. The van der Waals surface area contributed by atoms with Crippen molar-refractivity contribution in [3.63, 3.8) is 0 Å². The third kappa shape index (κ3) is 4.43. The fourth-order valence-corrected chi connectivity index (χ4v) is 3.85. The number of nitrogens with one attached hydrogen (secondary N) is 1. The largest absolute Gasteiger partial charge is 0.476 e. The van der Waals surface area contributed by atoms with E-state index in [9.17, 15) is 14.4 Å². The lowest BCUT2D eigenvalue weighted by Crippen LogP contribution is -2.50. The summed E-state index contributed by atoms with van der Waals surface area (Å²) in [4.78, 5) is 44.9. The molecule has 0 saturated carbocycles. The first kappa shape index (κ1) is 20.6. The van der Waals surface area contributed by atoms with E-state index in [1.165, 1.54) is 22.5 Å². The molecule has 1 aliphatic rings. The summed E-state index contributed by atoms with van der Waals surface area (Å²) >= 11 is 1.22. The van der Waals surface area contributed by atoms with E-state index >= 15 is 0 Å². The van der Waals surface area contributed by atoms with Crippen molar-refractivity contribution in [2.45, 2.75) is 12.5 Å². The van der Waals surface area contributed by atoms with Crippen molar-refractivity contribution in [2.24, 2.45) is 0 Å². The molecule has 160 valence electrons. The third-order valence-electron chi connectivity index (χ3n) is 4.64. The zero-order valence-corrected chi connectivity index (χ0v) is 17.7. The molecule has 0 fully saturated rings. The summed E-state index contributed by atoms with van der Waals surface area (Å²) in [7, 11) is 3.29. The lowest BCUT2D eigenvalue weighted by molar-refractivity contribution is -0.136. The first-order valence-corrected chi connectivity index (χ1v) is 10.4. The number of para-hydroxylation sites is 2. The molecule has 2 aromatic heterocycles. The topological polar surface area (TPSA) is 105 Å². The van der Waals surface area contributed by atoms with Gasteiger partial charge in [0.15, 0.2) is 17.0 Å². The number of amides is 3. The molecule has 0 spiro atoms. The van der Waals surface area contributed by atoms with Crippen molar-refractivity contribution in [3.05, 3.63) is 59.5 Å². The van der Waals surface area contributed by atoms with Gasteiger partial charge in [-0.1, -0.05) is 12.1 Å². The Morgan fingerprint density at radius 2 is 2.03 bits per heavy atom. The maximum absolute atomic E-state index is 13.1. The zero-order valence-electron chi connectivity index (χ0n) is 16.9. The Bertz CT molecular complexity index is 1110. The van der Waals surface area contributed by atoms with Crippen LogP contribution in [0.15, 0.2) is 52.5 Å². The maximum atomic E-state index is 13.1. The Kier molecular flexibility index (Phi) is 5.72. The second-order valence-corrected chi connectivity index (χ2v) is 7.92. The number of fused-ring (bicyclic) bond motifs is 1. The average molecular weight is 440 g/mol. The Balaban J connectivity index is 1.48. The first-order valence-electron chi connectivity index (χ1n) is 9.49. The summed E-state index contributed by atoms with van der Waals surface area (Å²) in [6, 6.07) is 10.3. The Morgan fingerprint density at radius 1 is 1.23 bits per heavy atom. The van der Waals surface area contributed by atoms with Crippen LogP contribution < -0.4 is 15.0 Å². The van der Waals surface area contributed by atoms with E-state index in [0.717, 1.165) is 0 Å². The normalized spacial score (nSPS) is 15.0. The minimum absolute atomic E-state index is 0.0182. The number of benzene rings is 1. The van der Waals surface area contributed by atoms with Crippen molar-refractivity contribution < 1.29 is 23.5 Å². The number of nitrogens with zero attached hydrogens (tertiary/aromatic N) is 3. The van der Waals surface area contributed by atoms with Crippen molar-refractivity contribution in [2.75, 3.05) is 30.9 Å². The van der Waals surface area contributed by atoms with Gasteiger partial charge in [0.2, 0.25) is 5.91 Å². The van der Waals surface area contributed by atoms with Gasteiger partial charge in [0.05, 0.1) is 30.6 Å². The van der Waals surface area contributed by atoms with Crippen LogP contribution in [0.1, 0.15) is 16.2 Å². The second-order valence-electron chi connectivity index (χ2n) is 7.06. The molecule has 0 aliphatic carbocycles. The van der Waals surface area contributed by atoms with Gasteiger partial charge in [0.25, 0.3) is 11.8 Å². The molecule has 9 nitrogen and oxygen atoms in total. The highest BCUT2D eigenvalue weighted by Crippen LogP contribution is 2.34.